The van der Waals surface area contributed by atoms with Crippen LogP contribution in [0.15, 0.2) is 18.7 Å². The van der Waals surface area contributed by atoms with Gasteiger partial charge in [0.1, 0.15) is 12.1 Å². The first-order valence-corrected chi connectivity index (χ1v) is 7.00. The molecule has 2 aromatic rings. The maximum Gasteiger partial charge on any atom is 0.227 e. The first kappa shape index (κ1) is 14.3. The smallest absolute Gasteiger partial charge is 0.227 e. The Labute approximate surface area is 119 Å². The highest BCUT2D eigenvalue weighted by Gasteiger charge is 2.12. The zero-order chi connectivity index (χ0) is 14.4. The van der Waals surface area contributed by atoms with Crippen LogP contribution in [0.5, 0.6) is 11.6 Å². The monoisotopic (exact) mass is 275 g/mol. The van der Waals surface area contributed by atoms with Gasteiger partial charge in [0, 0.05) is 13.6 Å². The van der Waals surface area contributed by atoms with Crippen molar-refractivity contribution in [1.29, 1.82) is 0 Å². The van der Waals surface area contributed by atoms with Gasteiger partial charge < -0.3 is 10.1 Å². The van der Waals surface area contributed by atoms with Crippen LogP contribution in [0, 0.1) is 0 Å². The lowest BCUT2D eigenvalue weighted by Gasteiger charge is -2.11. The normalized spacial score (nSPS) is 10.6. The SMILES string of the molecule is CCCc1c(NC)ncnc1Oc1cnn(CCC)c1. The van der Waals surface area contributed by atoms with E-state index in [0.29, 0.717) is 11.6 Å². The first-order valence-electron chi connectivity index (χ1n) is 7.00. The van der Waals surface area contributed by atoms with Crippen molar-refractivity contribution in [2.45, 2.75) is 39.7 Å². The molecule has 0 aliphatic heterocycles. The molecule has 0 unspecified atom stereocenters. The highest BCUT2D eigenvalue weighted by Crippen LogP contribution is 2.27. The molecule has 0 fully saturated rings. The molecule has 20 heavy (non-hydrogen) atoms. The van der Waals surface area contributed by atoms with Gasteiger partial charge in [-0.25, -0.2) is 9.97 Å². The van der Waals surface area contributed by atoms with Gasteiger partial charge >= 0.3 is 0 Å². The van der Waals surface area contributed by atoms with Gasteiger partial charge in [-0.15, -0.1) is 0 Å². The highest BCUT2D eigenvalue weighted by atomic mass is 16.5. The third-order valence-corrected chi connectivity index (χ3v) is 2.92. The van der Waals surface area contributed by atoms with Crippen LogP contribution in [0.3, 0.4) is 0 Å². The van der Waals surface area contributed by atoms with Crippen molar-refractivity contribution in [3.8, 4) is 11.6 Å². The lowest BCUT2D eigenvalue weighted by molar-refractivity contribution is 0.453. The summed E-state index contributed by atoms with van der Waals surface area (Å²) in [5.74, 6) is 2.12. The van der Waals surface area contributed by atoms with Crippen LogP contribution in [0.4, 0.5) is 5.82 Å². The molecule has 0 saturated heterocycles. The summed E-state index contributed by atoms with van der Waals surface area (Å²) in [4.78, 5) is 8.48. The van der Waals surface area contributed by atoms with Crippen LogP contribution in [0.2, 0.25) is 0 Å². The van der Waals surface area contributed by atoms with Crippen LogP contribution in [0.1, 0.15) is 32.3 Å². The molecule has 1 N–H and O–H groups in total. The Morgan fingerprint density at radius 1 is 1.25 bits per heavy atom. The lowest BCUT2D eigenvalue weighted by Crippen LogP contribution is -2.03. The molecule has 0 amide bonds. The predicted molar refractivity (Wildman–Crippen MR) is 78.2 cm³/mol. The van der Waals surface area contributed by atoms with E-state index >= 15 is 0 Å². The fraction of sp³-hybridized carbons (Fsp3) is 0.500. The zero-order valence-electron chi connectivity index (χ0n) is 12.3. The van der Waals surface area contributed by atoms with Crippen LogP contribution in [-0.4, -0.2) is 26.8 Å². The molecule has 0 aliphatic rings. The molecule has 6 nitrogen and oxygen atoms in total. The van der Waals surface area contributed by atoms with E-state index in [2.05, 4.69) is 34.2 Å². The minimum absolute atomic E-state index is 0.599. The van der Waals surface area contributed by atoms with Gasteiger partial charge in [-0.3, -0.25) is 4.68 Å². The molecule has 2 heterocycles. The quantitative estimate of drug-likeness (QED) is 0.841. The Morgan fingerprint density at radius 3 is 2.80 bits per heavy atom. The highest BCUT2D eigenvalue weighted by molar-refractivity contribution is 5.49. The van der Waals surface area contributed by atoms with Gasteiger partial charge in [-0.2, -0.15) is 5.10 Å². The van der Waals surface area contributed by atoms with E-state index in [0.717, 1.165) is 37.2 Å². The number of rotatable bonds is 7. The number of aromatic nitrogens is 4. The van der Waals surface area contributed by atoms with Crippen LogP contribution >= 0.6 is 0 Å². The Morgan fingerprint density at radius 2 is 2.10 bits per heavy atom. The van der Waals surface area contributed by atoms with Crippen molar-refractivity contribution in [1.82, 2.24) is 19.7 Å². The van der Waals surface area contributed by atoms with Crippen LogP contribution in [0.25, 0.3) is 0 Å². The lowest BCUT2D eigenvalue weighted by atomic mass is 10.2. The van der Waals surface area contributed by atoms with Gasteiger partial charge in [0.05, 0.1) is 18.0 Å². The van der Waals surface area contributed by atoms with Crippen LogP contribution < -0.4 is 10.1 Å². The topological polar surface area (TPSA) is 64.9 Å². The van der Waals surface area contributed by atoms with Gasteiger partial charge in [-0.05, 0) is 12.8 Å². The van der Waals surface area contributed by atoms with E-state index in [9.17, 15) is 0 Å². The predicted octanol–water partition coefficient (Wildman–Crippen LogP) is 2.87. The number of hydrogen-bond acceptors (Lipinski definition) is 5. The standard InChI is InChI=1S/C14H21N5O/c1-4-6-12-13(15-3)16-10-17-14(12)20-11-8-18-19(9-11)7-5-2/h8-10H,4-7H2,1-3H3,(H,15,16,17). The second-order valence-electron chi connectivity index (χ2n) is 4.55. The number of nitrogens with zero attached hydrogens (tertiary/aromatic N) is 4. The molecule has 0 aromatic carbocycles. The van der Waals surface area contributed by atoms with Crippen molar-refractivity contribution in [2.75, 3.05) is 12.4 Å². The minimum Gasteiger partial charge on any atom is -0.435 e. The van der Waals surface area contributed by atoms with Crippen molar-refractivity contribution < 1.29 is 4.74 Å². The van der Waals surface area contributed by atoms with Crippen molar-refractivity contribution in [2.24, 2.45) is 0 Å². The number of anilines is 1. The van der Waals surface area contributed by atoms with E-state index in [1.807, 2.05) is 17.9 Å². The maximum absolute atomic E-state index is 5.86. The molecule has 2 aromatic heterocycles. The summed E-state index contributed by atoms with van der Waals surface area (Å²) in [6.45, 7) is 5.12. The van der Waals surface area contributed by atoms with Crippen molar-refractivity contribution in [3.05, 3.63) is 24.3 Å². The minimum atomic E-state index is 0.599. The van der Waals surface area contributed by atoms with Crippen LogP contribution in [-0.2, 0) is 13.0 Å². The maximum atomic E-state index is 5.86. The molecule has 108 valence electrons. The Kier molecular flexibility index (Phi) is 4.92. The molecule has 0 radical (unpaired) electrons. The average Bonchev–Trinajstić information content (AvgIpc) is 2.89. The summed E-state index contributed by atoms with van der Waals surface area (Å²) in [7, 11) is 1.85. The van der Waals surface area contributed by atoms with E-state index in [-0.39, 0.29) is 0 Å². The van der Waals surface area contributed by atoms with Gasteiger partial charge in [0.25, 0.3) is 0 Å². The fourth-order valence-electron chi connectivity index (χ4n) is 2.04. The molecule has 6 heteroatoms. The Balaban J connectivity index is 2.22. The van der Waals surface area contributed by atoms with Gasteiger partial charge in [0.2, 0.25) is 5.88 Å². The molecule has 0 saturated carbocycles. The first-order chi connectivity index (χ1) is 9.78. The molecule has 0 bridgehead atoms. The molecule has 0 atom stereocenters. The molecule has 2 rings (SSSR count). The van der Waals surface area contributed by atoms with E-state index in [4.69, 9.17) is 4.74 Å². The Bertz CT molecular complexity index is 552. The third-order valence-electron chi connectivity index (χ3n) is 2.92. The van der Waals surface area contributed by atoms with E-state index in [1.165, 1.54) is 6.33 Å². The van der Waals surface area contributed by atoms with Crippen molar-refractivity contribution >= 4 is 5.82 Å². The van der Waals surface area contributed by atoms with E-state index < -0.39 is 0 Å². The molecule has 0 aliphatic carbocycles. The summed E-state index contributed by atoms with van der Waals surface area (Å²) < 4.78 is 7.73. The number of nitrogens with one attached hydrogen (secondary N) is 1. The number of hydrogen-bond donors (Lipinski definition) is 1. The summed E-state index contributed by atoms with van der Waals surface area (Å²) in [5, 5.41) is 7.33. The summed E-state index contributed by atoms with van der Waals surface area (Å²) in [5.41, 5.74) is 1.00. The van der Waals surface area contributed by atoms with E-state index in [1.54, 1.807) is 6.20 Å². The molecular weight excluding hydrogens is 254 g/mol. The average molecular weight is 275 g/mol. The second-order valence-corrected chi connectivity index (χ2v) is 4.55. The van der Waals surface area contributed by atoms with Crippen molar-refractivity contribution in [3.63, 3.8) is 0 Å². The Hall–Kier alpha value is -2.11. The molecule has 0 spiro atoms. The summed E-state index contributed by atoms with van der Waals surface area (Å²) in [6, 6.07) is 0. The number of ether oxygens (including phenoxy) is 1. The third kappa shape index (κ3) is 3.26. The largest absolute Gasteiger partial charge is 0.435 e. The van der Waals surface area contributed by atoms with Gasteiger partial charge in [0.15, 0.2) is 5.75 Å². The number of aryl methyl sites for hydroxylation is 1. The van der Waals surface area contributed by atoms with Gasteiger partial charge in [-0.1, -0.05) is 20.3 Å². The summed E-state index contributed by atoms with van der Waals surface area (Å²) >= 11 is 0. The fourth-order valence-corrected chi connectivity index (χ4v) is 2.04. The summed E-state index contributed by atoms with van der Waals surface area (Å²) in [6.07, 6.45) is 8.03. The molecular formula is C14H21N5O. The second kappa shape index (κ2) is 6.88. The zero-order valence-corrected chi connectivity index (χ0v) is 12.3.